The van der Waals surface area contributed by atoms with Crippen LogP contribution in [0.5, 0.6) is 0 Å². The minimum Gasteiger partial charge on any atom is -0.464 e. The summed E-state index contributed by atoms with van der Waals surface area (Å²) in [7, 11) is 0. The minimum atomic E-state index is -1.12. The minimum absolute atomic E-state index is 0.0264. The van der Waals surface area contributed by atoms with E-state index >= 15 is 0 Å². The molecule has 0 aromatic heterocycles. The van der Waals surface area contributed by atoms with E-state index in [9.17, 15) is 29.8 Å². The molecule has 1 rings (SSSR count). The van der Waals surface area contributed by atoms with Crippen molar-refractivity contribution in [3.8, 4) is 0 Å². The maximum Gasteiger partial charge on any atom is 0.408 e. The summed E-state index contributed by atoms with van der Waals surface area (Å²) in [6, 6.07) is 8.06. The molecule has 184 valence electrons. The fourth-order valence-electron chi connectivity index (χ4n) is 2.67. The average molecular weight is 471 g/mol. The van der Waals surface area contributed by atoms with Gasteiger partial charge in [0.05, 0.1) is 6.61 Å². The highest BCUT2D eigenvalue weighted by atomic mass is 17.0. The predicted octanol–water partition coefficient (Wildman–Crippen LogP) is 2.62. The average Bonchev–Trinajstić information content (AvgIpc) is 2.69. The van der Waals surface area contributed by atoms with Crippen molar-refractivity contribution in [1.82, 2.24) is 5.32 Å². The Kier molecular flexibility index (Phi) is 11.4. The van der Waals surface area contributed by atoms with Crippen LogP contribution in [0.3, 0.4) is 0 Å². The van der Waals surface area contributed by atoms with Crippen LogP contribution in [-0.2, 0) is 30.4 Å². The van der Waals surface area contributed by atoms with E-state index < -0.39 is 46.6 Å². The number of unbranched alkanes of at least 4 members (excludes halogenated alkanes) is 1. The summed E-state index contributed by atoms with van der Waals surface area (Å²) < 4.78 is 10.5. The second kappa shape index (κ2) is 13.7. The van der Waals surface area contributed by atoms with Gasteiger partial charge in [-0.1, -0.05) is 30.3 Å². The molecular weight excluding hydrogens is 442 g/mol. The van der Waals surface area contributed by atoms with Gasteiger partial charge in [0.25, 0.3) is 10.2 Å². The highest BCUT2D eigenvalue weighted by Crippen LogP contribution is 2.11. The van der Waals surface area contributed by atoms with Crippen LogP contribution in [0, 0.1) is 20.2 Å². The van der Waals surface area contributed by atoms with Gasteiger partial charge in [0.15, 0.2) is 0 Å². The van der Waals surface area contributed by atoms with Crippen molar-refractivity contribution in [2.45, 2.75) is 64.2 Å². The molecule has 33 heavy (non-hydrogen) atoms. The van der Waals surface area contributed by atoms with E-state index in [0.29, 0.717) is 12.8 Å². The van der Waals surface area contributed by atoms with Crippen LogP contribution in [0.4, 0.5) is 4.79 Å². The SMILES string of the molecule is CC(C)(C)OC(=O)N[C@@H](Cc1ccccc1)C(=O)OCCCC[C@H](CO[N+](=O)[O-])O[N+](=O)[O-]. The lowest BCUT2D eigenvalue weighted by atomic mass is 10.1. The van der Waals surface area contributed by atoms with Gasteiger partial charge >= 0.3 is 12.1 Å². The molecule has 0 bridgehead atoms. The summed E-state index contributed by atoms with van der Waals surface area (Å²) in [5.74, 6) is -0.667. The summed E-state index contributed by atoms with van der Waals surface area (Å²) in [6.07, 6.45) is -0.986. The summed E-state index contributed by atoms with van der Waals surface area (Å²) in [5.41, 5.74) is 0.0631. The third-order valence-corrected chi connectivity index (χ3v) is 4.02. The Morgan fingerprint density at radius 2 is 1.73 bits per heavy atom. The van der Waals surface area contributed by atoms with Crippen LogP contribution >= 0.6 is 0 Å². The lowest BCUT2D eigenvalue weighted by Crippen LogP contribution is -2.45. The summed E-state index contributed by atoms with van der Waals surface area (Å²) in [6.45, 7) is 4.48. The smallest absolute Gasteiger partial charge is 0.408 e. The molecule has 0 radical (unpaired) electrons. The quantitative estimate of drug-likeness (QED) is 0.184. The number of esters is 1. The van der Waals surface area contributed by atoms with Crippen LogP contribution in [0.1, 0.15) is 45.6 Å². The van der Waals surface area contributed by atoms with Gasteiger partial charge in [-0.05, 0) is 45.6 Å². The third-order valence-electron chi connectivity index (χ3n) is 4.02. The molecule has 0 fully saturated rings. The highest BCUT2D eigenvalue weighted by molar-refractivity contribution is 5.81. The number of alkyl carbamates (subject to hydrolysis) is 1. The maximum atomic E-state index is 12.6. The first kappa shape index (κ1) is 27.4. The van der Waals surface area contributed by atoms with Gasteiger partial charge in [0.1, 0.15) is 24.4 Å². The number of carbonyl (C=O) groups is 2. The number of rotatable bonds is 14. The van der Waals surface area contributed by atoms with E-state index in [4.69, 9.17) is 9.47 Å². The molecule has 0 saturated carbocycles. The molecule has 0 aliphatic rings. The number of nitrogens with zero attached hydrogens (tertiary/aromatic N) is 2. The van der Waals surface area contributed by atoms with Crippen LogP contribution in [0.15, 0.2) is 30.3 Å². The van der Waals surface area contributed by atoms with Gasteiger partial charge < -0.3 is 24.5 Å². The number of nitrogens with one attached hydrogen (secondary N) is 1. The number of ether oxygens (including phenoxy) is 2. The molecule has 0 saturated heterocycles. The Balaban J connectivity index is 2.57. The molecular formula is C20H29N3O10. The zero-order valence-electron chi connectivity index (χ0n) is 18.8. The van der Waals surface area contributed by atoms with Gasteiger partial charge in [-0.3, -0.25) is 0 Å². The summed E-state index contributed by atoms with van der Waals surface area (Å²) >= 11 is 0. The molecule has 1 aromatic rings. The Morgan fingerprint density at radius 1 is 1.06 bits per heavy atom. The standard InChI is InChI=1S/C20H29N3O10/c1-20(2,3)32-19(25)21-17(13-15-9-5-4-6-10-15)18(24)30-12-8-7-11-16(33-23(28)29)14-31-22(26)27/h4-6,9-10,16-17H,7-8,11-14H2,1-3H3,(H,21,25)/t16-,17+/m1/s1. The van der Waals surface area contributed by atoms with E-state index in [0.717, 1.165) is 5.56 Å². The Labute approximate surface area is 190 Å². The lowest BCUT2D eigenvalue weighted by Gasteiger charge is -2.23. The van der Waals surface area contributed by atoms with Crippen molar-refractivity contribution in [2.24, 2.45) is 0 Å². The normalized spacial score (nSPS) is 12.7. The zero-order chi connectivity index (χ0) is 24.9. The van der Waals surface area contributed by atoms with E-state index in [2.05, 4.69) is 15.0 Å². The van der Waals surface area contributed by atoms with E-state index in [1.54, 1.807) is 45.0 Å². The second-order valence-electron chi connectivity index (χ2n) is 8.02. The molecule has 0 heterocycles. The van der Waals surface area contributed by atoms with Crippen LogP contribution in [-0.4, -0.2) is 53.2 Å². The molecule has 1 aromatic carbocycles. The first-order chi connectivity index (χ1) is 15.5. The summed E-state index contributed by atoms with van der Waals surface area (Å²) in [5, 5.41) is 21.1. The number of hydrogen-bond donors (Lipinski definition) is 1. The largest absolute Gasteiger partial charge is 0.464 e. The van der Waals surface area contributed by atoms with Crippen molar-refractivity contribution in [3.63, 3.8) is 0 Å². The van der Waals surface area contributed by atoms with Gasteiger partial charge in [-0.15, -0.1) is 20.2 Å². The first-order valence-corrected chi connectivity index (χ1v) is 10.2. The Bertz CT molecular complexity index is 782. The molecule has 13 nitrogen and oxygen atoms in total. The van der Waals surface area contributed by atoms with Gasteiger partial charge in [-0.25, -0.2) is 9.59 Å². The fraction of sp³-hybridized carbons (Fsp3) is 0.600. The number of benzene rings is 1. The molecule has 0 unspecified atom stereocenters. The number of amides is 1. The molecule has 1 N–H and O–H groups in total. The summed E-state index contributed by atoms with van der Waals surface area (Å²) in [4.78, 5) is 53.9. The van der Waals surface area contributed by atoms with Crippen LogP contribution in [0.25, 0.3) is 0 Å². The molecule has 13 heteroatoms. The topological polar surface area (TPSA) is 169 Å². The number of carbonyl (C=O) groups excluding carboxylic acids is 2. The van der Waals surface area contributed by atoms with Gasteiger partial charge in [-0.2, -0.15) is 0 Å². The van der Waals surface area contributed by atoms with E-state index in [1.807, 2.05) is 6.07 Å². The van der Waals surface area contributed by atoms with E-state index in [1.165, 1.54) is 0 Å². The van der Waals surface area contributed by atoms with Crippen molar-refractivity contribution >= 4 is 12.1 Å². The monoisotopic (exact) mass is 471 g/mol. The maximum absolute atomic E-state index is 12.6. The molecule has 0 aliphatic carbocycles. The van der Waals surface area contributed by atoms with Crippen LogP contribution < -0.4 is 5.32 Å². The van der Waals surface area contributed by atoms with Crippen molar-refractivity contribution < 1.29 is 38.9 Å². The fourth-order valence-corrected chi connectivity index (χ4v) is 2.67. The van der Waals surface area contributed by atoms with E-state index in [-0.39, 0.29) is 19.4 Å². The Hall–Kier alpha value is -3.64. The molecule has 0 aliphatic heterocycles. The van der Waals surface area contributed by atoms with Gasteiger partial charge in [0, 0.05) is 6.42 Å². The van der Waals surface area contributed by atoms with Crippen LogP contribution in [0.2, 0.25) is 0 Å². The Morgan fingerprint density at radius 3 is 2.30 bits per heavy atom. The second-order valence-corrected chi connectivity index (χ2v) is 8.02. The molecule has 0 spiro atoms. The zero-order valence-corrected chi connectivity index (χ0v) is 18.8. The molecule has 1 amide bonds. The highest BCUT2D eigenvalue weighted by Gasteiger charge is 2.26. The predicted molar refractivity (Wildman–Crippen MR) is 113 cm³/mol. The van der Waals surface area contributed by atoms with Gasteiger partial charge in [0.2, 0.25) is 0 Å². The van der Waals surface area contributed by atoms with Crippen molar-refractivity contribution in [2.75, 3.05) is 13.2 Å². The first-order valence-electron chi connectivity index (χ1n) is 10.2. The van der Waals surface area contributed by atoms with Crippen molar-refractivity contribution in [3.05, 3.63) is 56.1 Å². The lowest BCUT2D eigenvalue weighted by molar-refractivity contribution is -0.790. The number of hydrogen-bond acceptors (Lipinski definition) is 10. The third kappa shape index (κ3) is 13.4. The van der Waals surface area contributed by atoms with Crippen molar-refractivity contribution in [1.29, 1.82) is 0 Å². The molecule has 2 atom stereocenters.